The Hall–Kier alpha value is -1.42. The maximum Gasteiger partial charge on any atom is 0.255 e. The summed E-state index contributed by atoms with van der Waals surface area (Å²) in [6, 6.07) is 4.55. The quantitative estimate of drug-likeness (QED) is 0.653. The highest BCUT2D eigenvalue weighted by Crippen LogP contribution is 2.30. The van der Waals surface area contributed by atoms with E-state index < -0.39 is 0 Å². The largest absolute Gasteiger partial charge is 0.272 e. The summed E-state index contributed by atoms with van der Waals surface area (Å²) in [6.07, 6.45) is 0.0792. The molecule has 0 aliphatic carbocycles. The molecular weight excluding hydrogens is 173 g/mol. The second kappa shape index (κ2) is 2.81. The average Bonchev–Trinajstić information content (AvgIpc) is 2.43. The maximum atomic E-state index is 13.1. The van der Waals surface area contributed by atoms with Crippen molar-refractivity contribution >= 4 is 11.6 Å². The number of carbonyl (C=O) groups excluding carboxylic acids is 1. The van der Waals surface area contributed by atoms with Gasteiger partial charge in [-0.25, -0.2) is 4.39 Å². The van der Waals surface area contributed by atoms with Crippen molar-refractivity contribution in [2.75, 3.05) is 12.2 Å². The van der Waals surface area contributed by atoms with Crippen molar-refractivity contribution in [1.82, 2.24) is 0 Å². The molecule has 13 heavy (non-hydrogen) atoms. The molecule has 0 saturated carbocycles. The lowest BCUT2D eigenvalue weighted by Gasteiger charge is -2.12. The summed E-state index contributed by atoms with van der Waals surface area (Å²) < 4.78 is 13.1. The highest BCUT2D eigenvalue weighted by molar-refractivity contribution is 5.99. The summed E-state index contributed by atoms with van der Waals surface area (Å²) in [5, 5.41) is 1.11. The number of nitrogens with zero attached hydrogens (tertiary/aromatic N) is 1. The Bertz CT molecular complexity index is 365. The van der Waals surface area contributed by atoms with E-state index in [0.717, 1.165) is 5.06 Å². The van der Waals surface area contributed by atoms with E-state index in [1.54, 1.807) is 12.1 Å². The zero-order valence-electron chi connectivity index (χ0n) is 7.08. The molecule has 0 bridgehead atoms. The predicted octanol–water partition coefficient (Wildman–Crippen LogP) is 1.28. The molecule has 1 aliphatic heterocycles. The molecule has 0 saturated heterocycles. The smallest absolute Gasteiger partial charge is 0.255 e. The van der Waals surface area contributed by atoms with Crippen LogP contribution in [0.3, 0.4) is 0 Å². The topological polar surface area (TPSA) is 29.5 Å². The lowest BCUT2D eigenvalue weighted by Crippen LogP contribution is -2.24. The van der Waals surface area contributed by atoms with Crippen LogP contribution >= 0.6 is 0 Å². The minimum absolute atomic E-state index is 0.0792. The molecule has 1 aromatic carbocycles. The van der Waals surface area contributed by atoms with Crippen molar-refractivity contribution in [3.05, 3.63) is 29.6 Å². The summed E-state index contributed by atoms with van der Waals surface area (Å²) in [5.74, 6) is -0.590. The van der Waals surface area contributed by atoms with Crippen LogP contribution in [-0.4, -0.2) is 13.0 Å². The van der Waals surface area contributed by atoms with Crippen LogP contribution in [-0.2, 0) is 16.1 Å². The van der Waals surface area contributed by atoms with Crippen molar-refractivity contribution in [1.29, 1.82) is 0 Å². The van der Waals surface area contributed by atoms with Gasteiger partial charge in [-0.3, -0.25) is 9.63 Å². The van der Waals surface area contributed by atoms with Crippen LogP contribution in [0.25, 0.3) is 0 Å². The van der Waals surface area contributed by atoms with E-state index in [1.807, 2.05) is 0 Å². The number of fused-ring (bicyclic) bond motifs is 1. The van der Waals surface area contributed by atoms with Gasteiger partial charge in [-0.15, -0.1) is 0 Å². The van der Waals surface area contributed by atoms with Gasteiger partial charge in [0, 0.05) is 5.56 Å². The first-order valence-corrected chi connectivity index (χ1v) is 3.88. The Morgan fingerprint density at radius 3 is 3.00 bits per heavy atom. The molecule has 0 radical (unpaired) electrons. The number of rotatable bonds is 1. The molecule has 3 nitrogen and oxygen atoms in total. The number of benzene rings is 1. The van der Waals surface area contributed by atoms with Gasteiger partial charge in [-0.2, -0.15) is 5.06 Å². The van der Waals surface area contributed by atoms with E-state index in [4.69, 9.17) is 4.84 Å². The van der Waals surface area contributed by atoms with Gasteiger partial charge in [-0.1, -0.05) is 6.07 Å². The standard InChI is InChI=1S/C9H8FNO2/c1-13-11-8-4-2-3-7(10)6(8)5-9(11)12/h2-4H,5H2,1H3. The van der Waals surface area contributed by atoms with E-state index in [2.05, 4.69) is 0 Å². The van der Waals surface area contributed by atoms with Crippen LogP contribution in [0.4, 0.5) is 10.1 Å². The number of hydroxylamine groups is 1. The van der Waals surface area contributed by atoms with Gasteiger partial charge in [0.1, 0.15) is 5.82 Å². The molecule has 0 spiro atoms. The minimum Gasteiger partial charge on any atom is -0.272 e. The SMILES string of the molecule is CON1C(=O)Cc2c(F)cccc21. The van der Waals surface area contributed by atoms with E-state index in [0.29, 0.717) is 11.3 Å². The normalized spacial score (nSPS) is 14.9. The van der Waals surface area contributed by atoms with Crippen molar-refractivity contribution < 1.29 is 14.0 Å². The Morgan fingerprint density at radius 2 is 2.31 bits per heavy atom. The van der Waals surface area contributed by atoms with Gasteiger partial charge in [0.15, 0.2) is 0 Å². The number of halogens is 1. The highest BCUT2D eigenvalue weighted by atomic mass is 19.1. The third kappa shape index (κ3) is 1.10. The van der Waals surface area contributed by atoms with Crippen LogP contribution < -0.4 is 5.06 Å². The predicted molar refractivity (Wildman–Crippen MR) is 44.6 cm³/mol. The Labute approximate surface area is 74.7 Å². The van der Waals surface area contributed by atoms with Crippen LogP contribution in [0.1, 0.15) is 5.56 Å². The Balaban J connectivity index is 2.54. The van der Waals surface area contributed by atoms with Gasteiger partial charge in [0.2, 0.25) is 0 Å². The van der Waals surface area contributed by atoms with Gasteiger partial charge < -0.3 is 0 Å². The van der Waals surface area contributed by atoms with Crippen molar-refractivity contribution in [2.24, 2.45) is 0 Å². The lowest BCUT2D eigenvalue weighted by atomic mass is 10.1. The van der Waals surface area contributed by atoms with Gasteiger partial charge in [0.25, 0.3) is 5.91 Å². The van der Waals surface area contributed by atoms with E-state index >= 15 is 0 Å². The van der Waals surface area contributed by atoms with E-state index in [9.17, 15) is 9.18 Å². The minimum atomic E-state index is -0.356. The second-order valence-corrected chi connectivity index (χ2v) is 2.78. The summed E-state index contributed by atoms with van der Waals surface area (Å²) in [4.78, 5) is 16.1. The lowest BCUT2D eigenvalue weighted by molar-refractivity contribution is -0.123. The number of amides is 1. The first kappa shape index (κ1) is 8.19. The molecule has 0 atom stereocenters. The average molecular weight is 181 g/mol. The molecule has 0 fully saturated rings. The van der Waals surface area contributed by atoms with Crippen LogP contribution in [0.5, 0.6) is 0 Å². The molecule has 1 amide bonds. The highest BCUT2D eigenvalue weighted by Gasteiger charge is 2.29. The first-order chi connectivity index (χ1) is 6.24. The van der Waals surface area contributed by atoms with E-state index in [1.165, 1.54) is 13.2 Å². The Morgan fingerprint density at radius 1 is 1.54 bits per heavy atom. The fraction of sp³-hybridized carbons (Fsp3) is 0.222. The number of anilines is 1. The van der Waals surface area contributed by atoms with Crippen molar-refractivity contribution in [3.63, 3.8) is 0 Å². The monoisotopic (exact) mass is 181 g/mol. The summed E-state index contributed by atoms with van der Waals surface area (Å²) in [7, 11) is 1.39. The molecule has 68 valence electrons. The molecule has 1 aromatic rings. The summed E-state index contributed by atoms with van der Waals surface area (Å²) >= 11 is 0. The third-order valence-corrected chi connectivity index (χ3v) is 2.05. The van der Waals surface area contributed by atoms with Gasteiger partial charge in [-0.05, 0) is 12.1 Å². The Kier molecular flexibility index (Phi) is 1.77. The second-order valence-electron chi connectivity index (χ2n) is 2.78. The zero-order chi connectivity index (χ0) is 9.42. The molecule has 2 rings (SSSR count). The zero-order valence-corrected chi connectivity index (χ0v) is 7.08. The van der Waals surface area contributed by atoms with Crippen LogP contribution in [0, 0.1) is 5.82 Å². The van der Waals surface area contributed by atoms with E-state index in [-0.39, 0.29) is 18.1 Å². The summed E-state index contributed by atoms with van der Waals surface area (Å²) in [6.45, 7) is 0. The van der Waals surface area contributed by atoms with Crippen molar-refractivity contribution in [2.45, 2.75) is 6.42 Å². The fourth-order valence-corrected chi connectivity index (χ4v) is 1.47. The van der Waals surface area contributed by atoms with Crippen LogP contribution in [0.2, 0.25) is 0 Å². The molecule has 4 heteroatoms. The maximum absolute atomic E-state index is 13.1. The fourth-order valence-electron chi connectivity index (χ4n) is 1.47. The van der Waals surface area contributed by atoms with Crippen molar-refractivity contribution in [3.8, 4) is 0 Å². The molecule has 0 unspecified atom stereocenters. The number of hydrogen-bond acceptors (Lipinski definition) is 2. The molecular formula is C9H8FNO2. The third-order valence-electron chi connectivity index (χ3n) is 2.05. The molecule has 1 aliphatic rings. The molecule has 0 N–H and O–H groups in total. The van der Waals surface area contributed by atoms with Crippen LogP contribution in [0.15, 0.2) is 18.2 Å². The molecule has 0 aromatic heterocycles. The number of hydrogen-bond donors (Lipinski definition) is 0. The van der Waals surface area contributed by atoms with Gasteiger partial charge >= 0.3 is 0 Å². The van der Waals surface area contributed by atoms with Gasteiger partial charge in [0.05, 0.1) is 19.2 Å². The molecule has 1 heterocycles. The number of carbonyl (C=O) groups is 1. The first-order valence-electron chi connectivity index (χ1n) is 3.88. The summed E-state index contributed by atoms with van der Waals surface area (Å²) in [5.41, 5.74) is 0.918.